The first-order valence-corrected chi connectivity index (χ1v) is 7.43. The number of likely N-dealkylation sites (tertiary alicyclic amines) is 1. The van der Waals surface area contributed by atoms with E-state index in [1.54, 1.807) is 0 Å². The van der Waals surface area contributed by atoms with Crippen molar-refractivity contribution in [2.24, 2.45) is 11.7 Å². The Balaban J connectivity index is 2.20. The van der Waals surface area contributed by atoms with Gasteiger partial charge in [-0.25, -0.2) is 0 Å². The Morgan fingerprint density at radius 3 is 2.76 bits per heavy atom. The fourth-order valence-corrected chi connectivity index (χ4v) is 3.36. The molecule has 1 aromatic rings. The highest BCUT2D eigenvalue weighted by atomic mass is 32.2. The van der Waals surface area contributed by atoms with E-state index in [0.717, 1.165) is 13.1 Å². The highest BCUT2D eigenvalue weighted by molar-refractivity contribution is 7.98. The van der Waals surface area contributed by atoms with Crippen molar-refractivity contribution in [3.8, 4) is 0 Å². The fourth-order valence-electron chi connectivity index (χ4n) is 2.77. The first kappa shape index (κ1) is 12.9. The maximum Gasteiger partial charge on any atom is 0.0348 e. The molecule has 1 fully saturated rings. The van der Waals surface area contributed by atoms with Crippen LogP contribution in [-0.4, -0.2) is 31.3 Å². The van der Waals surface area contributed by atoms with Gasteiger partial charge in [-0.3, -0.25) is 4.90 Å². The lowest BCUT2D eigenvalue weighted by molar-refractivity contribution is 0.313. The van der Waals surface area contributed by atoms with Crippen molar-refractivity contribution in [2.75, 3.05) is 26.4 Å². The zero-order chi connectivity index (χ0) is 12.4. The molecule has 1 aliphatic heterocycles. The van der Waals surface area contributed by atoms with E-state index >= 15 is 0 Å². The molecule has 1 aromatic carbocycles. The van der Waals surface area contributed by atoms with E-state index in [1.165, 1.54) is 22.4 Å². The molecule has 0 radical (unpaired) electrons. The lowest BCUT2D eigenvalue weighted by Gasteiger charge is -2.20. The lowest BCUT2D eigenvalue weighted by atomic mass is 9.99. The van der Waals surface area contributed by atoms with Crippen LogP contribution in [0.4, 0.5) is 0 Å². The molecule has 17 heavy (non-hydrogen) atoms. The number of aryl methyl sites for hydroxylation is 1. The predicted molar refractivity (Wildman–Crippen MR) is 75.5 cm³/mol. The average molecular weight is 250 g/mol. The summed E-state index contributed by atoms with van der Waals surface area (Å²) in [5.74, 6) is 0.658. The molecular weight excluding hydrogens is 228 g/mol. The van der Waals surface area contributed by atoms with Gasteiger partial charge in [-0.1, -0.05) is 12.1 Å². The summed E-state index contributed by atoms with van der Waals surface area (Å²) in [6.45, 7) is 4.14. The van der Waals surface area contributed by atoms with Gasteiger partial charge in [-0.2, -0.15) is 0 Å². The van der Waals surface area contributed by atoms with Crippen LogP contribution in [0.1, 0.15) is 23.6 Å². The summed E-state index contributed by atoms with van der Waals surface area (Å²) in [5, 5.41) is 0. The van der Waals surface area contributed by atoms with Gasteiger partial charge in [0.15, 0.2) is 0 Å². The van der Waals surface area contributed by atoms with Gasteiger partial charge in [0.2, 0.25) is 0 Å². The van der Waals surface area contributed by atoms with Crippen molar-refractivity contribution in [2.45, 2.75) is 24.3 Å². The van der Waals surface area contributed by atoms with Crippen molar-refractivity contribution in [1.82, 2.24) is 4.90 Å². The van der Waals surface area contributed by atoms with Gasteiger partial charge in [0.1, 0.15) is 0 Å². The average Bonchev–Trinajstić information content (AvgIpc) is 2.70. The summed E-state index contributed by atoms with van der Waals surface area (Å²) >= 11 is 1.82. The van der Waals surface area contributed by atoms with Crippen molar-refractivity contribution in [1.29, 1.82) is 0 Å². The summed E-state index contributed by atoms with van der Waals surface area (Å²) in [4.78, 5) is 3.81. The van der Waals surface area contributed by atoms with Crippen LogP contribution >= 0.6 is 11.8 Å². The normalized spacial score (nSPS) is 25.4. The Kier molecular flexibility index (Phi) is 4.13. The maximum absolute atomic E-state index is 5.78. The number of nitrogens with two attached hydrogens (primary N) is 1. The number of benzene rings is 1. The van der Waals surface area contributed by atoms with Crippen LogP contribution in [-0.2, 0) is 0 Å². The van der Waals surface area contributed by atoms with Gasteiger partial charge in [0, 0.05) is 17.5 Å². The fraction of sp³-hybridized carbons (Fsp3) is 0.571. The van der Waals surface area contributed by atoms with Crippen LogP contribution in [0.3, 0.4) is 0 Å². The third-order valence-electron chi connectivity index (χ3n) is 3.77. The van der Waals surface area contributed by atoms with E-state index in [0.29, 0.717) is 12.0 Å². The van der Waals surface area contributed by atoms with Crippen LogP contribution in [0.2, 0.25) is 0 Å². The van der Waals surface area contributed by atoms with Crippen LogP contribution < -0.4 is 5.73 Å². The molecule has 2 nitrogen and oxygen atoms in total. The highest BCUT2D eigenvalue weighted by Gasteiger charge is 2.29. The molecule has 2 rings (SSSR count). The highest BCUT2D eigenvalue weighted by Crippen LogP contribution is 2.35. The molecule has 94 valence electrons. The minimum atomic E-state index is 0.554. The summed E-state index contributed by atoms with van der Waals surface area (Å²) in [7, 11) is 2.21. The minimum absolute atomic E-state index is 0.554. The molecular formula is C14H22N2S. The van der Waals surface area contributed by atoms with Crippen LogP contribution in [0.15, 0.2) is 23.1 Å². The van der Waals surface area contributed by atoms with Gasteiger partial charge >= 0.3 is 0 Å². The Labute approximate surface area is 109 Å². The minimum Gasteiger partial charge on any atom is -0.330 e. The summed E-state index contributed by atoms with van der Waals surface area (Å²) in [6, 6.07) is 7.42. The van der Waals surface area contributed by atoms with Gasteiger partial charge in [0.05, 0.1) is 0 Å². The monoisotopic (exact) mass is 250 g/mol. The largest absolute Gasteiger partial charge is 0.330 e. The predicted octanol–water partition coefficient (Wildman–Crippen LogP) is 2.67. The van der Waals surface area contributed by atoms with Gasteiger partial charge in [0.25, 0.3) is 0 Å². The quantitative estimate of drug-likeness (QED) is 0.836. The Hall–Kier alpha value is -0.510. The second-order valence-electron chi connectivity index (χ2n) is 5.02. The standard InChI is InChI=1S/C14H22N2S/c1-10-6-12(4-5-14(10)17-3)13-7-11(8-15)9-16(13)2/h4-6,11,13H,7-9,15H2,1-3H3. The summed E-state index contributed by atoms with van der Waals surface area (Å²) in [6.07, 6.45) is 3.33. The molecule has 3 heteroatoms. The second-order valence-corrected chi connectivity index (χ2v) is 5.87. The summed E-state index contributed by atoms with van der Waals surface area (Å²) in [5.41, 5.74) is 8.61. The van der Waals surface area contributed by atoms with E-state index < -0.39 is 0 Å². The third kappa shape index (κ3) is 2.67. The van der Waals surface area contributed by atoms with E-state index in [4.69, 9.17) is 5.73 Å². The molecule has 0 aromatic heterocycles. The van der Waals surface area contributed by atoms with Gasteiger partial charge in [-0.15, -0.1) is 11.8 Å². The second kappa shape index (κ2) is 5.42. The molecule has 2 atom stereocenters. The molecule has 0 amide bonds. The number of hydrogen-bond acceptors (Lipinski definition) is 3. The molecule has 1 heterocycles. The van der Waals surface area contributed by atoms with Crippen molar-refractivity contribution in [3.63, 3.8) is 0 Å². The van der Waals surface area contributed by atoms with Crippen LogP contribution in [0.5, 0.6) is 0 Å². The molecule has 0 aliphatic carbocycles. The van der Waals surface area contributed by atoms with Crippen molar-refractivity contribution < 1.29 is 0 Å². The van der Waals surface area contributed by atoms with E-state index in [2.05, 4.69) is 43.3 Å². The zero-order valence-electron chi connectivity index (χ0n) is 10.9. The smallest absolute Gasteiger partial charge is 0.0348 e. The molecule has 0 saturated carbocycles. The molecule has 2 unspecified atom stereocenters. The lowest BCUT2D eigenvalue weighted by Crippen LogP contribution is -2.20. The Bertz CT molecular complexity index is 392. The van der Waals surface area contributed by atoms with E-state index in [1.807, 2.05) is 11.8 Å². The number of hydrogen-bond donors (Lipinski definition) is 1. The number of thioether (sulfide) groups is 1. The first-order chi connectivity index (χ1) is 8.15. The molecule has 1 saturated heterocycles. The maximum atomic E-state index is 5.78. The number of rotatable bonds is 3. The SMILES string of the molecule is CSc1ccc(C2CC(CN)CN2C)cc1C. The first-order valence-electron chi connectivity index (χ1n) is 6.20. The molecule has 0 spiro atoms. The Morgan fingerprint density at radius 2 is 2.24 bits per heavy atom. The number of nitrogens with zero attached hydrogens (tertiary/aromatic N) is 1. The molecule has 1 aliphatic rings. The van der Waals surface area contributed by atoms with Crippen molar-refractivity contribution >= 4 is 11.8 Å². The molecule has 0 bridgehead atoms. The zero-order valence-corrected chi connectivity index (χ0v) is 11.8. The Morgan fingerprint density at radius 1 is 1.47 bits per heavy atom. The third-order valence-corrected chi connectivity index (χ3v) is 4.67. The summed E-state index contributed by atoms with van der Waals surface area (Å²) < 4.78 is 0. The van der Waals surface area contributed by atoms with Gasteiger partial charge < -0.3 is 5.73 Å². The van der Waals surface area contributed by atoms with Crippen LogP contribution in [0.25, 0.3) is 0 Å². The van der Waals surface area contributed by atoms with E-state index in [-0.39, 0.29) is 0 Å². The van der Waals surface area contributed by atoms with Gasteiger partial charge in [-0.05, 0) is 56.3 Å². The van der Waals surface area contributed by atoms with Crippen molar-refractivity contribution in [3.05, 3.63) is 29.3 Å². The topological polar surface area (TPSA) is 29.3 Å². The van der Waals surface area contributed by atoms with Crippen LogP contribution in [0, 0.1) is 12.8 Å². The molecule has 2 N–H and O–H groups in total. The van der Waals surface area contributed by atoms with E-state index in [9.17, 15) is 0 Å².